The van der Waals surface area contributed by atoms with Gasteiger partial charge in [0.2, 0.25) is 0 Å². The Bertz CT molecular complexity index is 1260. The molecule has 0 amide bonds. The van der Waals surface area contributed by atoms with Crippen molar-refractivity contribution in [2.45, 2.75) is 37.8 Å². The van der Waals surface area contributed by atoms with Crippen molar-refractivity contribution in [2.24, 2.45) is 0 Å². The van der Waals surface area contributed by atoms with Gasteiger partial charge in [0.1, 0.15) is 5.82 Å². The standard InChI is InChI=1S/C23H22ClN3O4/c1-13(25-18-5-3-2-4-15(18)21(29)30)16-10-14(24)11-17-19(16)26-22-23(7-9-31-12-23)6-8-27(22)20(17)28/h2-5,10-11,13,25H,6-9,12H2,1H3,(H,29,30)/t13-,23+/m1/s1. The van der Waals surface area contributed by atoms with Crippen LogP contribution in [0.4, 0.5) is 5.69 Å². The normalized spacial score (nSPS) is 20.8. The number of carboxylic acid groups (broad SMARTS) is 1. The van der Waals surface area contributed by atoms with E-state index in [0.29, 0.717) is 41.4 Å². The fourth-order valence-corrected chi connectivity index (χ4v) is 5.01. The number of hydrogen-bond donors (Lipinski definition) is 2. The van der Waals surface area contributed by atoms with Gasteiger partial charge in [0.05, 0.1) is 34.5 Å². The minimum absolute atomic E-state index is 0.0920. The minimum Gasteiger partial charge on any atom is -0.478 e. The fraction of sp³-hybridized carbons (Fsp3) is 0.348. The van der Waals surface area contributed by atoms with Crippen LogP contribution in [-0.4, -0.2) is 33.8 Å². The number of benzene rings is 2. The van der Waals surface area contributed by atoms with E-state index in [4.69, 9.17) is 21.3 Å². The summed E-state index contributed by atoms with van der Waals surface area (Å²) < 4.78 is 7.42. The highest BCUT2D eigenvalue weighted by Gasteiger charge is 2.44. The molecule has 2 aromatic carbocycles. The Labute approximate surface area is 183 Å². The molecule has 0 bridgehead atoms. The van der Waals surface area contributed by atoms with Gasteiger partial charge < -0.3 is 15.2 Å². The number of carbonyl (C=O) groups is 1. The summed E-state index contributed by atoms with van der Waals surface area (Å²) in [5.74, 6) is -0.229. The first-order valence-corrected chi connectivity index (χ1v) is 10.7. The first-order chi connectivity index (χ1) is 14.9. The van der Waals surface area contributed by atoms with Crippen LogP contribution in [0.1, 0.15) is 47.6 Å². The second-order valence-electron chi connectivity index (χ2n) is 8.33. The second kappa shape index (κ2) is 7.35. The van der Waals surface area contributed by atoms with Gasteiger partial charge in [-0.3, -0.25) is 9.36 Å². The first kappa shape index (κ1) is 20.0. The van der Waals surface area contributed by atoms with Gasteiger partial charge in [0, 0.05) is 29.4 Å². The highest BCUT2D eigenvalue weighted by molar-refractivity contribution is 6.31. The summed E-state index contributed by atoms with van der Waals surface area (Å²) in [7, 11) is 0. The molecule has 0 aliphatic carbocycles. The second-order valence-corrected chi connectivity index (χ2v) is 8.77. The number of carboxylic acids is 1. The predicted molar refractivity (Wildman–Crippen MR) is 118 cm³/mol. The van der Waals surface area contributed by atoms with E-state index in [-0.39, 0.29) is 22.6 Å². The molecule has 1 fully saturated rings. The van der Waals surface area contributed by atoms with Crippen molar-refractivity contribution in [3.8, 4) is 0 Å². The number of anilines is 1. The number of rotatable bonds is 4. The molecule has 8 heteroatoms. The van der Waals surface area contributed by atoms with Crippen molar-refractivity contribution < 1.29 is 14.6 Å². The van der Waals surface area contributed by atoms with Gasteiger partial charge in [-0.1, -0.05) is 23.7 Å². The Hall–Kier alpha value is -2.90. The maximum Gasteiger partial charge on any atom is 0.337 e. The average Bonchev–Trinajstić information content (AvgIpc) is 3.37. The number of nitrogens with zero attached hydrogens (tertiary/aromatic N) is 2. The lowest BCUT2D eigenvalue weighted by Gasteiger charge is -2.22. The maximum atomic E-state index is 13.3. The van der Waals surface area contributed by atoms with Gasteiger partial charge >= 0.3 is 5.97 Å². The molecule has 3 aromatic rings. The zero-order chi connectivity index (χ0) is 21.8. The molecular weight excluding hydrogens is 418 g/mol. The Balaban J connectivity index is 1.65. The van der Waals surface area contributed by atoms with E-state index in [1.807, 2.05) is 6.92 Å². The van der Waals surface area contributed by atoms with Gasteiger partial charge in [0.15, 0.2) is 0 Å². The molecule has 1 aromatic heterocycles. The minimum atomic E-state index is -1.01. The zero-order valence-corrected chi connectivity index (χ0v) is 17.8. The molecule has 1 saturated heterocycles. The highest BCUT2D eigenvalue weighted by Crippen LogP contribution is 2.41. The Morgan fingerprint density at radius 2 is 2.13 bits per heavy atom. The number of aromatic nitrogens is 2. The zero-order valence-electron chi connectivity index (χ0n) is 17.0. The number of ether oxygens (including phenoxy) is 1. The third kappa shape index (κ3) is 3.20. The largest absolute Gasteiger partial charge is 0.478 e. The number of aromatic carboxylic acids is 1. The summed E-state index contributed by atoms with van der Waals surface area (Å²) in [6.45, 7) is 3.78. The fourth-order valence-electron chi connectivity index (χ4n) is 4.78. The summed E-state index contributed by atoms with van der Waals surface area (Å²) in [5.41, 5.74) is 1.72. The number of para-hydroxylation sites is 1. The van der Waals surface area contributed by atoms with Crippen molar-refractivity contribution in [1.29, 1.82) is 0 Å². The molecule has 31 heavy (non-hydrogen) atoms. The third-order valence-corrected chi connectivity index (χ3v) is 6.66. The number of halogens is 1. The van der Waals surface area contributed by atoms with E-state index in [1.165, 1.54) is 0 Å². The van der Waals surface area contributed by atoms with Crippen LogP contribution in [0.25, 0.3) is 10.9 Å². The van der Waals surface area contributed by atoms with E-state index in [0.717, 1.165) is 24.2 Å². The van der Waals surface area contributed by atoms with Crippen LogP contribution in [-0.2, 0) is 16.7 Å². The highest BCUT2D eigenvalue weighted by atomic mass is 35.5. The molecule has 2 N–H and O–H groups in total. The van der Waals surface area contributed by atoms with Gasteiger partial charge in [-0.15, -0.1) is 0 Å². The van der Waals surface area contributed by atoms with Gasteiger partial charge in [-0.05, 0) is 44.0 Å². The predicted octanol–water partition coefficient (Wildman–Crippen LogP) is 3.98. The molecule has 7 nitrogen and oxygen atoms in total. The topological polar surface area (TPSA) is 93.5 Å². The van der Waals surface area contributed by atoms with Crippen LogP contribution in [0.5, 0.6) is 0 Å². The van der Waals surface area contributed by atoms with Crippen LogP contribution < -0.4 is 10.9 Å². The SMILES string of the molecule is C[C@@H](Nc1ccccc1C(=O)O)c1cc(Cl)cc2c(=O)n3c(nc12)[C@]1(CCOC1)CC3. The lowest BCUT2D eigenvalue weighted by Crippen LogP contribution is -2.29. The van der Waals surface area contributed by atoms with Crippen molar-refractivity contribution in [2.75, 3.05) is 18.5 Å². The van der Waals surface area contributed by atoms with Crippen LogP contribution in [0, 0.1) is 0 Å². The van der Waals surface area contributed by atoms with Crippen molar-refractivity contribution in [3.63, 3.8) is 0 Å². The number of fused-ring (bicyclic) bond motifs is 3. The number of hydrogen-bond acceptors (Lipinski definition) is 5. The number of nitrogens with one attached hydrogen (secondary N) is 1. The summed E-state index contributed by atoms with van der Waals surface area (Å²) in [4.78, 5) is 29.9. The van der Waals surface area contributed by atoms with Crippen molar-refractivity contribution in [3.05, 3.63) is 68.7 Å². The first-order valence-electron chi connectivity index (χ1n) is 10.3. The molecule has 2 aliphatic rings. The monoisotopic (exact) mass is 439 g/mol. The van der Waals surface area contributed by atoms with Crippen molar-refractivity contribution >= 4 is 34.2 Å². The molecule has 2 atom stereocenters. The van der Waals surface area contributed by atoms with Gasteiger partial charge in [-0.25, -0.2) is 9.78 Å². The summed E-state index contributed by atoms with van der Waals surface area (Å²) in [6.07, 6.45) is 1.70. The third-order valence-electron chi connectivity index (χ3n) is 6.44. The Morgan fingerprint density at radius 1 is 1.32 bits per heavy atom. The Morgan fingerprint density at radius 3 is 2.87 bits per heavy atom. The van der Waals surface area contributed by atoms with E-state index >= 15 is 0 Å². The van der Waals surface area contributed by atoms with Crippen LogP contribution in [0.15, 0.2) is 41.2 Å². The molecule has 5 rings (SSSR count). The molecule has 3 heterocycles. The molecule has 2 aliphatic heterocycles. The van der Waals surface area contributed by atoms with Crippen molar-refractivity contribution in [1.82, 2.24) is 9.55 Å². The van der Waals surface area contributed by atoms with E-state index < -0.39 is 5.97 Å². The molecule has 160 valence electrons. The van der Waals surface area contributed by atoms with Crippen LogP contribution >= 0.6 is 11.6 Å². The van der Waals surface area contributed by atoms with Gasteiger partial charge in [-0.2, -0.15) is 0 Å². The Kier molecular flexibility index (Phi) is 4.75. The average molecular weight is 440 g/mol. The smallest absolute Gasteiger partial charge is 0.337 e. The summed E-state index contributed by atoms with van der Waals surface area (Å²) >= 11 is 6.38. The molecule has 0 radical (unpaired) electrons. The van der Waals surface area contributed by atoms with Gasteiger partial charge in [0.25, 0.3) is 5.56 Å². The maximum absolute atomic E-state index is 13.3. The van der Waals surface area contributed by atoms with E-state index in [9.17, 15) is 14.7 Å². The molecule has 0 saturated carbocycles. The van der Waals surface area contributed by atoms with E-state index in [2.05, 4.69) is 5.32 Å². The van der Waals surface area contributed by atoms with Crippen LogP contribution in [0.3, 0.4) is 0 Å². The molecule has 1 spiro atoms. The van der Waals surface area contributed by atoms with Crippen LogP contribution in [0.2, 0.25) is 5.02 Å². The summed E-state index contributed by atoms with van der Waals surface area (Å²) in [5, 5.41) is 13.7. The van der Waals surface area contributed by atoms with E-state index in [1.54, 1.807) is 41.0 Å². The quantitative estimate of drug-likeness (QED) is 0.638. The molecule has 0 unspecified atom stereocenters. The lowest BCUT2D eigenvalue weighted by atomic mass is 9.85. The molecular formula is C23H22ClN3O4. The lowest BCUT2D eigenvalue weighted by molar-refractivity contribution is 0.0698. The summed E-state index contributed by atoms with van der Waals surface area (Å²) in [6, 6.07) is 9.86.